The monoisotopic (exact) mass is 242 g/mol. The highest BCUT2D eigenvalue weighted by Crippen LogP contribution is 2.21. The number of nitrogens with zero attached hydrogens (tertiary/aromatic N) is 2. The molecule has 0 unspecified atom stereocenters. The minimum Gasteiger partial charge on any atom is -0.388 e. The molecule has 6 heteroatoms. The lowest BCUT2D eigenvalue weighted by molar-refractivity contribution is 0.263. The van der Waals surface area contributed by atoms with Crippen LogP contribution in [0.5, 0.6) is 0 Å². The van der Waals surface area contributed by atoms with Crippen molar-refractivity contribution in [3.8, 4) is 0 Å². The van der Waals surface area contributed by atoms with Gasteiger partial charge in [-0.15, -0.1) is 0 Å². The number of hydrogen-bond donors (Lipinski definition) is 1. The average Bonchev–Trinajstić information content (AvgIpc) is 2.71. The van der Waals surface area contributed by atoms with Crippen LogP contribution in [-0.4, -0.2) is 15.2 Å². The normalized spacial score (nSPS) is 10.7. The maximum Gasteiger partial charge on any atom is 0.231 e. The lowest BCUT2D eigenvalue weighted by Gasteiger charge is -2.01. The summed E-state index contributed by atoms with van der Waals surface area (Å²) in [7, 11) is 0. The molecule has 0 spiro atoms. The minimum absolute atomic E-state index is 0.110. The molecule has 1 heterocycles. The van der Waals surface area contributed by atoms with E-state index in [1.807, 2.05) is 0 Å². The van der Waals surface area contributed by atoms with Crippen LogP contribution in [0.4, 0.5) is 4.39 Å². The Kier molecular flexibility index (Phi) is 3.17. The maximum atomic E-state index is 13.4. The van der Waals surface area contributed by atoms with Gasteiger partial charge in [0.25, 0.3) is 0 Å². The summed E-state index contributed by atoms with van der Waals surface area (Å²) >= 11 is 5.84. The number of halogens is 2. The van der Waals surface area contributed by atoms with Crippen molar-refractivity contribution in [2.75, 3.05) is 0 Å². The highest BCUT2D eigenvalue weighted by Gasteiger charge is 2.12. The number of benzene rings is 1. The molecule has 0 atom stereocenters. The van der Waals surface area contributed by atoms with E-state index in [1.54, 1.807) is 6.07 Å². The third-order valence-corrected chi connectivity index (χ3v) is 2.40. The maximum absolute atomic E-state index is 13.4. The Labute approximate surface area is 95.7 Å². The summed E-state index contributed by atoms with van der Waals surface area (Å²) in [6.07, 6.45) is 0.110. The van der Waals surface area contributed by atoms with Gasteiger partial charge in [-0.25, -0.2) is 4.39 Å². The molecule has 2 rings (SSSR count). The fourth-order valence-corrected chi connectivity index (χ4v) is 1.51. The zero-order valence-electron chi connectivity index (χ0n) is 8.15. The molecule has 0 amide bonds. The predicted molar refractivity (Wildman–Crippen MR) is 54.4 cm³/mol. The van der Waals surface area contributed by atoms with E-state index in [-0.39, 0.29) is 24.7 Å². The summed E-state index contributed by atoms with van der Waals surface area (Å²) in [5.74, 6) is -0.0326. The van der Waals surface area contributed by atoms with Crippen molar-refractivity contribution >= 4 is 11.6 Å². The summed E-state index contributed by atoms with van der Waals surface area (Å²) in [6, 6.07) is 4.42. The van der Waals surface area contributed by atoms with Crippen LogP contribution in [0.25, 0.3) is 0 Å². The molecule has 0 bridgehead atoms. The molecular formula is C10H8ClFN2O2. The Morgan fingerprint density at radius 2 is 2.25 bits per heavy atom. The summed E-state index contributed by atoms with van der Waals surface area (Å²) < 4.78 is 18.2. The Morgan fingerprint density at radius 1 is 1.44 bits per heavy atom. The number of aromatic nitrogens is 2. The van der Waals surface area contributed by atoms with Gasteiger partial charge in [-0.1, -0.05) is 22.8 Å². The fourth-order valence-electron chi connectivity index (χ4n) is 1.28. The molecule has 0 fully saturated rings. The van der Waals surface area contributed by atoms with Crippen molar-refractivity contribution in [3.63, 3.8) is 0 Å². The van der Waals surface area contributed by atoms with Gasteiger partial charge in [-0.3, -0.25) is 0 Å². The first-order valence-corrected chi connectivity index (χ1v) is 4.93. The van der Waals surface area contributed by atoms with Crippen LogP contribution in [0.15, 0.2) is 22.7 Å². The average molecular weight is 243 g/mol. The minimum atomic E-state index is -0.420. The van der Waals surface area contributed by atoms with Crippen LogP contribution < -0.4 is 0 Å². The highest BCUT2D eigenvalue weighted by molar-refractivity contribution is 6.31. The Bertz CT molecular complexity index is 481. The molecule has 1 aromatic heterocycles. The fraction of sp³-hybridized carbons (Fsp3) is 0.200. The Balaban J connectivity index is 2.26. The topological polar surface area (TPSA) is 59.2 Å². The van der Waals surface area contributed by atoms with Crippen molar-refractivity contribution < 1.29 is 14.0 Å². The Morgan fingerprint density at radius 3 is 2.88 bits per heavy atom. The van der Waals surface area contributed by atoms with E-state index >= 15 is 0 Å². The molecule has 0 aliphatic heterocycles. The lowest BCUT2D eigenvalue weighted by Crippen LogP contribution is -1.94. The highest BCUT2D eigenvalue weighted by atomic mass is 35.5. The van der Waals surface area contributed by atoms with Gasteiger partial charge in [0.05, 0.1) is 6.42 Å². The van der Waals surface area contributed by atoms with Crippen molar-refractivity contribution in [3.05, 3.63) is 46.3 Å². The predicted octanol–water partition coefficient (Wildman–Crippen LogP) is 1.95. The van der Waals surface area contributed by atoms with Crippen LogP contribution in [-0.2, 0) is 13.0 Å². The van der Waals surface area contributed by atoms with E-state index in [1.165, 1.54) is 12.1 Å². The number of rotatable bonds is 3. The number of aliphatic hydroxyl groups is 1. The van der Waals surface area contributed by atoms with Gasteiger partial charge >= 0.3 is 0 Å². The SMILES string of the molecule is OCc1noc(Cc2c(F)cccc2Cl)n1. The molecule has 0 radical (unpaired) electrons. The second-order valence-corrected chi connectivity index (χ2v) is 3.55. The summed E-state index contributed by atoms with van der Waals surface area (Å²) in [5.41, 5.74) is 0.303. The van der Waals surface area contributed by atoms with Crippen molar-refractivity contribution in [2.24, 2.45) is 0 Å². The Hall–Kier alpha value is -1.46. The molecule has 1 aromatic carbocycles. The van der Waals surface area contributed by atoms with Gasteiger partial charge in [0.1, 0.15) is 12.4 Å². The third-order valence-electron chi connectivity index (χ3n) is 2.04. The van der Waals surface area contributed by atoms with E-state index in [4.69, 9.17) is 21.2 Å². The van der Waals surface area contributed by atoms with E-state index in [0.29, 0.717) is 10.6 Å². The standard InChI is InChI=1S/C10H8ClFN2O2/c11-7-2-1-3-8(12)6(7)4-10-13-9(5-15)14-16-10/h1-3,15H,4-5H2. The second-order valence-electron chi connectivity index (χ2n) is 3.14. The molecule has 84 valence electrons. The molecule has 1 N–H and O–H groups in total. The number of hydrogen-bond acceptors (Lipinski definition) is 4. The molecule has 0 aliphatic carbocycles. The van der Waals surface area contributed by atoms with Gasteiger partial charge < -0.3 is 9.63 Å². The summed E-state index contributed by atoms with van der Waals surface area (Å²) in [5, 5.41) is 12.5. The van der Waals surface area contributed by atoms with Crippen LogP contribution in [0.2, 0.25) is 5.02 Å². The zero-order valence-corrected chi connectivity index (χ0v) is 8.91. The van der Waals surface area contributed by atoms with Gasteiger partial charge in [0, 0.05) is 10.6 Å². The van der Waals surface area contributed by atoms with Gasteiger partial charge in [-0.05, 0) is 12.1 Å². The van der Waals surface area contributed by atoms with Crippen molar-refractivity contribution in [1.82, 2.24) is 10.1 Å². The van der Waals surface area contributed by atoms with E-state index in [9.17, 15) is 4.39 Å². The molecule has 4 nitrogen and oxygen atoms in total. The summed E-state index contributed by atoms with van der Waals surface area (Å²) in [6.45, 7) is -0.311. The lowest BCUT2D eigenvalue weighted by atomic mass is 10.1. The van der Waals surface area contributed by atoms with Crippen LogP contribution in [0.3, 0.4) is 0 Å². The molecule has 0 aliphatic rings. The van der Waals surface area contributed by atoms with Gasteiger partial charge in [0.2, 0.25) is 5.89 Å². The quantitative estimate of drug-likeness (QED) is 0.894. The van der Waals surface area contributed by atoms with Crippen molar-refractivity contribution in [1.29, 1.82) is 0 Å². The number of aliphatic hydroxyl groups excluding tert-OH is 1. The van der Waals surface area contributed by atoms with Gasteiger partial charge in [0.15, 0.2) is 5.82 Å². The van der Waals surface area contributed by atoms with Crippen LogP contribution >= 0.6 is 11.6 Å². The van der Waals surface area contributed by atoms with E-state index in [2.05, 4.69) is 10.1 Å². The van der Waals surface area contributed by atoms with Crippen molar-refractivity contribution in [2.45, 2.75) is 13.0 Å². The molecule has 0 saturated heterocycles. The third kappa shape index (κ3) is 2.20. The van der Waals surface area contributed by atoms with Crippen LogP contribution in [0.1, 0.15) is 17.3 Å². The van der Waals surface area contributed by atoms with E-state index in [0.717, 1.165) is 0 Å². The second kappa shape index (κ2) is 4.59. The molecule has 16 heavy (non-hydrogen) atoms. The first-order chi connectivity index (χ1) is 7.70. The summed E-state index contributed by atoms with van der Waals surface area (Å²) in [4.78, 5) is 3.85. The largest absolute Gasteiger partial charge is 0.388 e. The van der Waals surface area contributed by atoms with Crippen LogP contribution in [0, 0.1) is 5.82 Å². The first kappa shape index (κ1) is 11.0. The molecule has 0 saturated carbocycles. The molecule has 2 aromatic rings. The van der Waals surface area contributed by atoms with Gasteiger partial charge in [-0.2, -0.15) is 4.98 Å². The molecular weight excluding hydrogens is 235 g/mol. The zero-order chi connectivity index (χ0) is 11.5. The van der Waals surface area contributed by atoms with E-state index < -0.39 is 5.82 Å². The smallest absolute Gasteiger partial charge is 0.231 e. The first-order valence-electron chi connectivity index (χ1n) is 4.56.